The fourth-order valence-electron chi connectivity index (χ4n) is 7.57. The van der Waals surface area contributed by atoms with Crippen molar-refractivity contribution in [1.82, 2.24) is 0 Å². The molecule has 4 aliphatic rings. The van der Waals surface area contributed by atoms with Crippen molar-refractivity contribution in [3.05, 3.63) is 12.2 Å². The zero-order valence-electron chi connectivity index (χ0n) is 17.3. The van der Waals surface area contributed by atoms with E-state index in [2.05, 4.69) is 6.58 Å². The summed E-state index contributed by atoms with van der Waals surface area (Å²) in [5.74, 6) is -1.11. The van der Waals surface area contributed by atoms with Crippen LogP contribution < -0.4 is 0 Å². The Morgan fingerprint density at radius 3 is 2.36 bits per heavy atom. The first kappa shape index (κ1) is 20.3. The molecule has 4 saturated carbocycles. The van der Waals surface area contributed by atoms with Crippen molar-refractivity contribution >= 4 is 5.97 Å². The summed E-state index contributed by atoms with van der Waals surface area (Å²) in [6.07, 6.45) is 0.0633. The summed E-state index contributed by atoms with van der Waals surface area (Å²) in [4.78, 5) is 11.9. The lowest BCUT2D eigenvalue weighted by molar-refractivity contribution is -0.181. The van der Waals surface area contributed by atoms with Gasteiger partial charge in [-0.15, -0.1) is 0 Å². The van der Waals surface area contributed by atoms with E-state index in [0.29, 0.717) is 19.3 Å². The topological polar surface area (TPSA) is 107 Å². The van der Waals surface area contributed by atoms with E-state index < -0.39 is 52.2 Å². The van der Waals surface area contributed by atoms with Crippen LogP contribution >= 0.6 is 0 Å². The molecule has 4 fully saturated rings. The summed E-state index contributed by atoms with van der Waals surface area (Å²) in [5, 5.41) is 44.9. The molecule has 6 nitrogen and oxygen atoms in total. The van der Waals surface area contributed by atoms with Gasteiger partial charge in [0.05, 0.1) is 17.8 Å². The van der Waals surface area contributed by atoms with Gasteiger partial charge in [-0.1, -0.05) is 26.0 Å². The van der Waals surface area contributed by atoms with E-state index in [4.69, 9.17) is 4.74 Å². The Morgan fingerprint density at radius 2 is 1.75 bits per heavy atom. The summed E-state index contributed by atoms with van der Waals surface area (Å²) < 4.78 is 5.77. The highest BCUT2D eigenvalue weighted by Gasteiger charge is 2.73. The van der Waals surface area contributed by atoms with Gasteiger partial charge < -0.3 is 25.2 Å². The Labute approximate surface area is 166 Å². The SMILES string of the molecule is C=C1C2C[C@H](O)C(C)(C)[C@@]2(O)[C@@H](O)C[C@]23C[C@@](C)(O)[C@H](CC[C@H]12)[C@H]3OC(C)=O. The Hall–Kier alpha value is -0.950. The van der Waals surface area contributed by atoms with Crippen LogP contribution in [-0.2, 0) is 9.53 Å². The lowest BCUT2D eigenvalue weighted by Crippen LogP contribution is -2.57. The minimum Gasteiger partial charge on any atom is -0.462 e. The molecular weight excluding hydrogens is 360 g/mol. The molecule has 4 aliphatic carbocycles. The molecule has 0 aromatic rings. The van der Waals surface area contributed by atoms with Crippen molar-refractivity contribution < 1.29 is 30.0 Å². The largest absolute Gasteiger partial charge is 0.462 e. The molecule has 0 aromatic heterocycles. The number of carbonyl (C=O) groups is 1. The van der Waals surface area contributed by atoms with Crippen LogP contribution in [0.3, 0.4) is 0 Å². The molecule has 1 spiro atoms. The number of aliphatic hydroxyl groups excluding tert-OH is 2. The molecule has 0 aromatic carbocycles. The molecule has 0 saturated heterocycles. The molecule has 4 rings (SSSR count). The summed E-state index contributed by atoms with van der Waals surface area (Å²) in [6, 6.07) is 0. The van der Waals surface area contributed by atoms with Crippen molar-refractivity contribution in [1.29, 1.82) is 0 Å². The van der Waals surface area contributed by atoms with Crippen LogP contribution in [0, 0.1) is 28.6 Å². The van der Waals surface area contributed by atoms with Crippen molar-refractivity contribution in [2.24, 2.45) is 28.6 Å². The highest BCUT2D eigenvalue weighted by molar-refractivity contribution is 5.66. The van der Waals surface area contributed by atoms with Gasteiger partial charge in [0.2, 0.25) is 0 Å². The van der Waals surface area contributed by atoms with Crippen molar-refractivity contribution in [3.63, 3.8) is 0 Å². The highest BCUT2D eigenvalue weighted by Crippen LogP contribution is 2.69. The van der Waals surface area contributed by atoms with Gasteiger partial charge in [0.15, 0.2) is 0 Å². The summed E-state index contributed by atoms with van der Waals surface area (Å²) in [7, 11) is 0. The maximum Gasteiger partial charge on any atom is 0.302 e. The fraction of sp³-hybridized carbons (Fsp3) is 0.864. The predicted molar refractivity (Wildman–Crippen MR) is 102 cm³/mol. The summed E-state index contributed by atoms with van der Waals surface area (Å²) in [5.41, 5.74) is -3.26. The second-order valence-corrected chi connectivity index (χ2v) is 10.7. The van der Waals surface area contributed by atoms with E-state index in [0.717, 1.165) is 12.0 Å². The zero-order valence-corrected chi connectivity index (χ0v) is 17.3. The first-order valence-electron chi connectivity index (χ1n) is 10.5. The average Bonchev–Trinajstić information content (AvgIpc) is 2.79. The minimum atomic E-state index is -1.51. The molecule has 0 amide bonds. The van der Waals surface area contributed by atoms with E-state index in [9.17, 15) is 25.2 Å². The van der Waals surface area contributed by atoms with Gasteiger partial charge in [0.1, 0.15) is 11.7 Å². The van der Waals surface area contributed by atoms with Crippen LogP contribution in [0.4, 0.5) is 0 Å². The number of hydrogen-bond acceptors (Lipinski definition) is 6. The Morgan fingerprint density at radius 1 is 1.11 bits per heavy atom. The van der Waals surface area contributed by atoms with E-state index in [1.165, 1.54) is 6.92 Å². The second kappa shape index (κ2) is 5.81. The smallest absolute Gasteiger partial charge is 0.302 e. The van der Waals surface area contributed by atoms with E-state index in [-0.39, 0.29) is 18.3 Å². The fourth-order valence-corrected chi connectivity index (χ4v) is 7.57. The molecule has 2 bridgehead atoms. The molecule has 9 atom stereocenters. The number of carbonyl (C=O) groups excluding carboxylic acids is 1. The Bertz CT molecular complexity index is 714. The number of fused-ring (bicyclic) bond motifs is 2. The lowest BCUT2D eigenvalue weighted by atomic mass is 9.61. The van der Waals surface area contributed by atoms with Crippen LogP contribution in [0.15, 0.2) is 12.2 Å². The third-order valence-corrected chi connectivity index (χ3v) is 9.00. The number of ether oxygens (including phenoxy) is 1. The lowest BCUT2D eigenvalue weighted by Gasteiger charge is -2.47. The molecular formula is C22H34O6. The van der Waals surface area contributed by atoms with E-state index in [1.54, 1.807) is 20.8 Å². The first-order valence-corrected chi connectivity index (χ1v) is 10.5. The van der Waals surface area contributed by atoms with Crippen molar-refractivity contribution in [2.75, 3.05) is 0 Å². The third-order valence-electron chi connectivity index (χ3n) is 9.00. The van der Waals surface area contributed by atoms with Crippen molar-refractivity contribution in [2.45, 2.75) is 89.3 Å². The molecule has 1 unspecified atom stereocenters. The maximum atomic E-state index is 11.9. The quantitative estimate of drug-likeness (QED) is 0.397. The monoisotopic (exact) mass is 394 g/mol. The third kappa shape index (κ3) is 2.26. The highest BCUT2D eigenvalue weighted by atomic mass is 16.5. The van der Waals surface area contributed by atoms with Gasteiger partial charge in [0.25, 0.3) is 0 Å². The standard InChI is InChI=1S/C22H34O6/c1-11-13-6-7-14-18(28-12(2)23)21(13,10-20(14,5)26)9-17(25)22(27)15(11)8-16(24)19(22,3)4/h13-18,24-27H,1,6-10H2,2-5H3/t13-,14-,15?,16+,17+,18-,20-,21+,22+/m1/s1. The molecule has 0 heterocycles. The summed E-state index contributed by atoms with van der Waals surface area (Å²) in [6.45, 7) is 11.1. The zero-order chi connectivity index (χ0) is 20.9. The molecule has 158 valence electrons. The number of aliphatic hydroxyl groups is 4. The van der Waals surface area contributed by atoms with Gasteiger partial charge >= 0.3 is 5.97 Å². The van der Waals surface area contributed by atoms with Gasteiger partial charge in [-0.25, -0.2) is 0 Å². The van der Waals surface area contributed by atoms with Crippen molar-refractivity contribution in [3.8, 4) is 0 Å². The van der Waals surface area contributed by atoms with E-state index in [1.807, 2.05) is 0 Å². The molecule has 0 radical (unpaired) electrons. The van der Waals surface area contributed by atoms with E-state index >= 15 is 0 Å². The molecule has 6 heteroatoms. The minimum absolute atomic E-state index is 0.0863. The van der Waals surface area contributed by atoms with Gasteiger partial charge in [-0.2, -0.15) is 0 Å². The second-order valence-electron chi connectivity index (χ2n) is 10.7. The normalized spacial score (nSPS) is 54.6. The van der Waals surface area contributed by atoms with Crippen LogP contribution in [0.2, 0.25) is 0 Å². The first-order chi connectivity index (χ1) is 12.8. The Kier molecular flexibility index (Phi) is 4.22. The average molecular weight is 395 g/mol. The number of esters is 1. The number of rotatable bonds is 1. The maximum absolute atomic E-state index is 11.9. The van der Waals surface area contributed by atoms with Crippen LogP contribution in [-0.4, -0.2) is 55.9 Å². The molecule has 28 heavy (non-hydrogen) atoms. The van der Waals surface area contributed by atoms with Crippen LogP contribution in [0.5, 0.6) is 0 Å². The molecule has 0 aliphatic heterocycles. The van der Waals surface area contributed by atoms with Gasteiger partial charge in [0, 0.05) is 29.6 Å². The van der Waals surface area contributed by atoms with Crippen LogP contribution in [0.25, 0.3) is 0 Å². The summed E-state index contributed by atoms with van der Waals surface area (Å²) >= 11 is 0. The molecule has 4 N–H and O–H groups in total. The van der Waals surface area contributed by atoms with Gasteiger partial charge in [-0.05, 0) is 44.9 Å². The van der Waals surface area contributed by atoms with Gasteiger partial charge in [-0.3, -0.25) is 4.79 Å². The van der Waals surface area contributed by atoms with Crippen LogP contribution in [0.1, 0.15) is 59.8 Å². The number of hydrogen-bond donors (Lipinski definition) is 4. The predicted octanol–water partition coefficient (Wildman–Crippen LogP) is 1.54. The Balaban J connectivity index is 1.86.